The summed E-state index contributed by atoms with van der Waals surface area (Å²) in [5.41, 5.74) is 3.26. The second kappa shape index (κ2) is 10.2. The fourth-order valence-corrected chi connectivity index (χ4v) is 4.47. The third kappa shape index (κ3) is 5.13. The van der Waals surface area contributed by atoms with Gasteiger partial charge in [-0.1, -0.05) is 35.9 Å². The summed E-state index contributed by atoms with van der Waals surface area (Å²) in [5.74, 6) is 0.837. The van der Waals surface area contributed by atoms with Crippen LogP contribution in [0.2, 0.25) is 5.02 Å². The number of fused-ring (bicyclic) bond motifs is 1. The second-order valence-electron chi connectivity index (χ2n) is 7.95. The predicted octanol–water partition coefficient (Wildman–Crippen LogP) is 5.03. The Kier molecular flexibility index (Phi) is 7.16. The average Bonchev–Trinajstić information content (AvgIpc) is 2.83. The maximum Gasteiger partial charge on any atom is 0.251 e. The van der Waals surface area contributed by atoms with Crippen LogP contribution in [0.4, 0.5) is 4.39 Å². The maximum absolute atomic E-state index is 14.4. The third-order valence-corrected chi connectivity index (χ3v) is 6.22. The first-order chi connectivity index (χ1) is 16.0. The van der Waals surface area contributed by atoms with Crippen LogP contribution in [0.25, 0.3) is 0 Å². The van der Waals surface area contributed by atoms with Gasteiger partial charge in [0, 0.05) is 35.8 Å². The normalized spacial score (nSPS) is 15.6. The number of rotatable bonds is 7. The highest BCUT2D eigenvalue weighted by atomic mass is 35.5. The number of nitrogens with zero attached hydrogens (tertiary/aromatic N) is 1. The molecule has 0 bridgehead atoms. The number of hydrogen-bond donors (Lipinski definition) is 1. The number of amides is 1. The van der Waals surface area contributed by atoms with Gasteiger partial charge in [-0.25, -0.2) is 4.39 Å². The van der Waals surface area contributed by atoms with Crippen LogP contribution >= 0.6 is 11.6 Å². The van der Waals surface area contributed by atoms with Crippen LogP contribution in [0.15, 0.2) is 60.7 Å². The van der Waals surface area contributed by atoms with Crippen LogP contribution in [-0.2, 0) is 13.0 Å². The zero-order chi connectivity index (χ0) is 23.4. The molecule has 172 valence electrons. The summed E-state index contributed by atoms with van der Waals surface area (Å²) < 4.78 is 25.4. The lowest BCUT2D eigenvalue weighted by Gasteiger charge is -2.38. The van der Waals surface area contributed by atoms with E-state index in [0.717, 1.165) is 17.5 Å². The van der Waals surface area contributed by atoms with Gasteiger partial charge >= 0.3 is 0 Å². The fraction of sp³-hybridized carbons (Fsp3) is 0.269. The van der Waals surface area contributed by atoms with Gasteiger partial charge in [0.25, 0.3) is 5.91 Å². The summed E-state index contributed by atoms with van der Waals surface area (Å²) in [7, 11) is 3.21. The van der Waals surface area contributed by atoms with Gasteiger partial charge in [-0.05, 0) is 53.9 Å². The summed E-state index contributed by atoms with van der Waals surface area (Å²) in [6, 6.07) is 17.4. The van der Waals surface area contributed by atoms with E-state index in [1.54, 1.807) is 50.6 Å². The van der Waals surface area contributed by atoms with Crippen LogP contribution in [0, 0.1) is 5.82 Å². The number of hydrogen-bond acceptors (Lipinski definition) is 4. The molecule has 0 fully saturated rings. The predicted molar refractivity (Wildman–Crippen MR) is 127 cm³/mol. The number of carbonyl (C=O) groups excluding carboxylic acids is 1. The highest BCUT2D eigenvalue weighted by Crippen LogP contribution is 2.38. The maximum atomic E-state index is 14.4. The van der Waals surface area contributed by atoms with Crippen molar-refractivity contribution in [2.45, 2.75) is 19.0 Å². The van der Waals surface area contributed by atoms with Crippen LogP contribution < -0.4 is 14.8 Å². The molecule has 3 aromatic rings. The smallest absolute Gasteiger partial charge is 0.251 e. The van der Waals surface area contributed by atoms with E-state index >= 15 is 0 Å². The summed E-state index contributed by atoms with van der Waals surface area (Å²) in [6.07, 6.45) is 0.781. The SMILES string of the molecule is COc1cc2c(cc1OC)[C@H](CNC(=O)c1cccc(Cl)c1)N(Cc1ccccc1F)CC2. The molecule has 1 aliphatic heterocycles. The molecule has 1 aliphatic rings. The lowest BCUT2D eigenvalue weighted by molar-refractivity contribution is 0.0925. The van der Waals surface area contributed by atoms with Gasteiger partial charge in [-0.2, -0.15) is 0 Å². The first-order valence-corrected chi connectivity index (χ1v) is 11.1. The minimum atomic E-state index is -0.239. The Morgan fingerprint density at radius 2 is 1.85 bits per heavy atom. The highest BCUT2D eigenvalue weighted by Gasteiger charge is 2.30. The van der Waals surface area contributed by atoms with Crippen molar-refractivity contribution in [1.82, 2.24) is 10.2 Å². The molecule has 0 spiro atoms. The molecular formula is C26H26ClFN2O3. The second-order valence-corrected chi connectivity index (χ2v) is 8.39. The first-order valence-electron chi connectivity index (χ1n) is 10.8. The van der Waals surface area contributed by atoms with Crippen LogP contribution in [-0.4, -0.2) is 38.1 Å². The minimum absolute atomic E-state index is 0.170. The Morgan fingerprint density at radius 1 is 1.09 bits per heavy atom. The fourth-order valence-electron chi connectivity index (χ4n) is 4.27. The molecule has 0 saturated carbocycles. The van der Waals surface area contributed by atoms with Crippen molar-refractivity contribution in [2.75, 3.05) is 27.3 Å². The summed E-state index contributed by atoms with van der Waals surface area (Å²) >= 11 is 6.05. The molecule has 0 radical (unpaired) electrons. The Labute approximate surface area is 198 Å². The van der Waals surface area contributed by atoms with E-state index in [1.807, 2.05) is 18.2 Å². The Bertz CT molecular complexity index is 1150. The molecule has 1 atom stereocenters. The number of halogens is 2. The lowest BCUT2D eigenvalue weighted by Crippen LogP contribution is -2.42. The van der Waals surface area contributed by atoms with E-state index in [4.69, 9.17) is 21.1 Å². The summed E-state index contributed by atoms with van der Waals surface area (Å²) in [5, 5.41) is 3.53. The number of ether oxygens (including phenoxy) is 2. The molecule has 0 saturated heterocycles. The lowest BCUT2D eigenvalue weighted by atomic mass is 9.91. The molecule has 0 unspecified atom stereocenters. The van der Waals surface area contributed by atoms with E-state index < -0.39 is 0 Å². The molecule has 1 amide bonds. The van der Waals surface area contributed by atoms with Crippen LogP contribution in [0.5, 0.6) is 11.5 Å². The van der Waals surface area contributed by atoms with Crippen LogP contribution in [0.3, 0.4) is 0 Å². The zero-order valence-corrected chi connectivity index (χ0v) is 19.4. The minimum Gasteiger partial charge on any atom is -0.493 e. The van der Waals surface area contributed by atoms with Crippen molar-refractivity contribution >= 4 is 17.5 Å². The number of methoxy groups -OCH3 is 2. The largest absolute Gasteiger partial charge is 0.493 e. The van der Waals surface area contributed by atoms with E-state index in [2.05, 4.69) is 10.2 Å². The molecule has 33 heavy (non-hydrogen) atoms. The molecule has 4 rings (SSSR count). The number of benzene rings is 3. The van der Waals surface area contributed by atoms with Crippen molar-refractivity contribution < 1.29 is 18.7 Å². The molecule has 1 N–H and O–H groups in total. The zero-order valence-electron chi connectivity index (χ0n) is 18.6. The van der Waals surface area contributed by atoms with E-state index in [-0.39, 0.29) is 17.8 Å². The quantitative estimate of drug-likeness (QED) is 0.528. The van der Waals surface area contributed by atoms with Gasteiger partial charge in [0.15, 0.2) is 11.5 Å². The highest BCUT2D eigenvalue weighted by molar-refractivity contribution is 6.30. The van der Waals surface area contributed by atoms with E-state index in [1.165, 1.54) is 6.07 Å². The molecule has 7 heteroatoms. The van der Waals surface area contributed by atoms with Crippen molar-refractivity contribution in [1.29, 1.82) is 0 Å². The third-order valence-electron chi connectivity index (χ3n) is 5.99. The van der Waals surface area contributed by atoms with Gasteiger partial charge < -0.3 is 14.8 Å². The number of carbonyl (C=O) groups is 1. The molecule has 3 aromatic carbocycles. The van der Waals surface area contributed by atoms with Gasteiger partial charge in [0.05, 0.1) is 20.3 Å². The van der Waals surface area contributed by atoms with Gasteiger partial charge in [-0.15, -0.1) is 0 Å². The van der Waals surface area contributed by atoms with E-state index in [9.17, 15) is 9.18 Å². The van der Waals surface area contributed by atoms with Crippen molar-refractivity contribution in [3.8, 4) is 11.5 Å². The van der Waals surface area contributed by atoms with Gasteiger partial charge in [0.2, 0.25) is 0 Å². The average molecular weight is 469 g/mol. The molecule has 0 aromatic heterocycles. The Morgan fingerprint density at radius 3 is 2.58 bits per heavy atom. The monoisotopic (exact) mass is 468 g/mol. The standard InChI is InChI=1S/C26H26ClFN2O3/c1-32-24-13-17-10-11-30(16-19-6-3-4-9-22(19)28)23(21(17)14-25(24)33-2)15-29-26(31)18-7-5-8-20(27)12-18/h3-9,12-14,23H,10-11,15-16H2,1-2H3,(H,29,31)/t23-/m0/s1. The Balaban J connectivity index is 1.64. The van der Waals surface area contributed by atoms with Gasteiger partial charge in [-0.3, -0.25) is 9.69 Å². The van der Waals surface area contributed by atoms with Crippen LogP contribution in [0.1, 0.15) is 33.1 Å². The van der Waals surface area contributed by atoms with Crippen molar-refractivity contribution in [3.63, 3.8) is 0 Å². The molecular weight excluding hydrogens is 443 g/mol. The first kappa shape index (κ1) is 23.1. The van der Waals surface area contributed by atoms with Crippen molar-refractivity contribution in [3.05, 3.63) is 93.8 Å². The molecule has 0 aliphatic carbocycles. The van der Waals surface area contributed by atoms with Crippen molar-refractivity contribution in [2.24, 2.45) is 0 Å². The Hall–Kier alpha value is -3.09. The summed E-state index contributed by atoms with van der Waals surface area (Å²) in [6.45, 7) is 1.50. The number of nitrogens with one attached hydrogen (secondary N) is 1. The van der Waals surface area contributed by atoms with Gasteiger partial charge in [0.1, 0.15) is 5.82 Å². The summed E-state index contributed by atoms with van der Waals surface area (Å²) in [4.78, 5) is 15.0. The van der Waals surface area contributed by atoms with E-state index in [0.29, 0.717) is 47.3 Å². The topological polar surface area (TPSA) is 50.8 Å². The molecule has 5 nitrogen and oxygen atoms in total. The molecule has 1 heterocycles.